The quantitative estimate of drug-likeness (QED) is 0.611. The predicted octanol–water partition coefficient (Wildman–Crippen LogP) is 1.29. The number of nitro groups is 1. The van der Waals surface area contributed by atoms with Gasteiger partial charge in [0.05, 0.1) is 16.2 Å². The molecule has 0 saturated carbocycles. The minimum absolute atomic E-state index is 0.0383. The number of nitrogens with zero attached hydrogens (tertiary/aromatic N) is 4. The Morgan fingerprint density at radius 1 is 1.33 bits per heavy atom. The maximum Gasteiger partial charge on any atom is 0.270 e. The van der Waals surface area contributed by atoms with Gasteiger partial charge in [-0.25, -0.2) is 0 Å². The number of rotatable bonds is 3. The summed E-state index contributed by atoms with van der Waals surface area (Å²) >= 11 is 0. The van der Waals surface area contributed by atoms with Gasteiger partial charge in [0.15, 0.2) is 0 Å². The summed E-state index contributed by atoms with van der Waals surface area (Å²) in [6, 6.07) is 6.32. The van der Waals surface area contributed by atoms with E-state index in [1.165, 1.54) is 12.1 Å². The van der Waals surface area contributed by atoms with E-state index in [1.54, 1.807) is 11.0 Å². The fourth-order valence-corrected chi connectivity index (χ4v) is 3.15. The minimum Gasteiger partial charge on any atom is -0.368 e. The Hall–Kier alpha value is -2.66. The van der Waals surface area contributed by atoms with Gasteiger partial charge in [0.25, 0.3) is 11.6 Å². The van der Waals surface area contributed by atoms with Gasteiger partial charge in [0, 0.05) is 44.9 Å². The van der Waals surface area contributed by atoms with E-state index in [1.807, 2.05) is 11.0 Å². The van der Waals surface area contributed by atoms with Crippen LogP contribution in [0.1, 0.15) is 18.4 Å². The van der Waals surface area contributed by atoms with Crippen LogP contribution in [0.15, 0.2) is 18.2 Å². The largest absolute Gasteiger partial charge is 0.368 e. The SMILES string of the molecule is N#Cc1cc([N+](=O)[O-])ccc1N1CCN(C(=O)[C@@H]2CCCO2)CC1. The highest BCUT2D eigenvalue weighted by molar-refractivity contribution is 5.81. The summed E-state index contributed by atoms with van der Waals surface area (Å²) < 4.78 is 5.44. The molecule has 0 aromatic heterocycles. The lowest BCUT2D eigenvalue weighted by atomic mass is 10.1. The van der Waals surface area contributed by atoms with Crippen LogP contribution in [0.2, 0.25) is 0 Å². The fraction of sp³-hybridized carbons (Fsp3) is 0.500. The van der Waals surface area contributed by atoms with Gasteiger partial charge < -0.3 is 14.5 Å². The van der Waals surface area contributed by atoms with E-state index < -0.39 is 4.92 Å². The second-order valence-corrected chi connectivity index (χ2v) is 5.88. The molecule has 2 aliphatic heterocycles. The van der Waals surface area contributed by atoms with Crippen molar-refractivity contribution in [2.75, 3.05) is 37.7 Å². The lowest BCUT2D eigenvalue weighted by Crippen LogP contribution is -2.51. The minimum atomic E-state index is -0.511. The van der Waals surface area contributed by atoms with Crippen LogP contribution >= 0.6 is 0 Å². The normalized spacial score (nSPS) is 20.7. The molecule has 24 heavy (non-hydrogen) atoms. The molecule has 1 aromatic carbocycles. The van der Waals surface area contributed by atoms with Gasteiger partial charge in [-0.2, -0.15) is 5.26 Å². The molecule has 2 fully saturated rings. The van der Waals surface area contributed by atoms with Crippen LogP contribution < -0.4 is 4.90 Å². The Morgan fingerprint density at radius 2 is 2.08 bits per heavy atom. The second kappa shape index (κ2) is 6.84. The van der Waals surface area contributed by atoms with Crippen molar-refractivity contribution in [3.8, 4) is 6.07 Å². The Balaban J connectivity index is 1.67. The van der Waals surface area contributed by atoms with Gasteiger partial charge >= 0.3 is 0 Å². The van der Waals surface area contributed by atoms with Gasteiger partial charge in [0.1, 0.15) is 12.2 Å². The summed E-state index contributed by atoms with van der Waals surface area (Å²) in [5.41, 5.74) is 0.859. The Kier molecular flexibility index (Phi) is 4.62. The van der Waals surface area contributed by atoms with Crippen molar-refractivity contribution in [1.29, 1.82) is 5.26 Å². The predicted molar refractivity (Wildman–Crippen MR) is 85.6 cm³/mol. The van der Waals surface area contributed by atoms with E-state index >= 15 is 0 Å². The zero-order valence-corrected chi connectivity index (χ0v) is 13.2. The van der Waals surface area contributed by atoms with E-state index in [-0.39, 0.29) is 23.3 Å². The second-order valence-electron chi connectivity index (χ2n) is 5.88. The monoisotopic (exact) mass is 330 g/mol. The molecule has 0 aliphatic carbocycles. The number of ether oxygens (including phenoxy) is 1. The third kappa shape index (κ3) is 3.16. The van der Waals surface area contributed by atoms with Crippen molar-refractivity contribution in [1.82, 2.24) is 4.90 Å². The van der Waals surface area contributed by atoms with Gasteiger partial charge in [-0.3, -0.25) is 14.9 Å². The topological polar surface area (TPSA) is 99.7 Å². The smallest absolute Gasteiger partial charge is 0.270 e. The first-order valence-electron chi connectivity index (χ1n) is 7.94. The van der Waals surface area contributed by atoms with Crippen LogP contribution in [0, 0.1) is 21.4 Å². The van der Waals surface area contributed by atoms with Gasteiger partial charge in [-0.1, -0.05) is 0 Å². The molecule has 0 unspecified atom stereocenters. The molecule has 2 aliphatic rings. The first-order chi connectivity index (χ1) is 11.6. The molecule has 1 atom stereocenters. The Labute approximate surface area is 139 Å². The average Bonchev–Trinajstić information content (AvgIpc) is 3.15. The van der Waals surface area contributed by atoms with Crippen molar-refractivity contribution in [2.45, 2.75) is 18.9 Å². The molecule has 126 valence electrons. The molecule has 0 bridgehead atoms. The van der Waals surface area contributed by atoms with Crippen LogP contribution in [0.5, 0.6) is 0 Å². The first-order valence-corrected chi connectivity index (χ1v) is 7.94. The maximum atomic E-state index is 12.3. The number of nitro benzene ring substituents is 1. The summed E-state index contributed by atoms with van der Waals surface area (Å²) in [5, 5.41) is 20.1. The third-order valence-electron chi connectivity index (χ3n) is 4.45. The van der Waals surface area contributed by atoms with E-state index in [4.69, 9.17) is 4.74 Å². The molecule has 8 heteroatoms. The van der Waals surface area contributed by atoms with Gasteiger partial charge in [0.2, 0.25) is 0 Å². The zero-order valence-electron chi connectivity index (χ0n) is 13.2. The third-order valence-corrected chi connectivity index (χ3v) is 4.45. The number of amides is 1. The zero-order chi connectivity index (χ0) is 17.1. The summed E-state index contributed by atoms with van der Waals surface area (Å²) in [6.45, 7) is 2.93. The van der Waals surface area contributed by atoms with E-state index in [2.05, 4.69) is 0 Å². The molecule has 0 spiro atoms. The van der Waals surface area contributed by atoms with E-state index in [0.29, 0.717) is 38.5 Å². The number of carbonyl (C=O) groups is 1. The average molecular weight is 330 g/mol. The van der Waals surface area contributed by atoms with Crippen molar-refractivity contribution in [3.63, 3.8) is 0 Å². The van der Waals surface area contributed by atoms with E-state index in [9.17, 15) is 20.2 Å². The first kappa shape index (κ1) is 16.2. The molecule has 3 rings (SSSR count). The van der Waals surface area contributed by atoms with Crippen molar-refractivity contribution < 1.29 is 14.5 Å². The highest BCUT2D eigenvalue weighted by Crippen LogP contribution is 2.26. The van der Waals surface area contributed by atoms with Crippen molar-refractivity contribution in [3.05, 3.63) is 33.9 Å². The van der Waals surface area contributed by atoms with Crippen molar-refractivity contribution >= 4 is 17.3 Å². The van der Waals surface area contributed by atoms with Gasteiger partial charge in [-0.05, 0) is 18.9 Å². The number of anilines is 1. The highest BCUT2D eigenvalue weighted by Gasteiger charge is 2.30. The molecule has 1 aromatic rings. The van der Waals surface area contributed by atoms with Crippen LogP contribution in [-0.2, 0) is 9.53 Å². The lowest BCUT2D eigenvalue weighted by Gasteiger charge is -2.37. The molecule has 1 amide bonds. The Bertz CT molecular complexity index is 686. The number of hydrogen-bond acceptors (Lipinski definition) is 6. The highest BCUT2D eigenvalue weighted by atomic mass is 16.6. The molecule has 0 N–H and O–H groups in total. The number of carbonyl (C=O) groups excluding carboxylic acids is 1. The molecular formula is C16H18N4O4. The van der Waals surface area contributed by atoms with Crippen LogP contribution in [-0.4, -0.2) is 54.6 Å². The molecule has 2 heterocycles. The molecular weight excluding hydrogens is 312 g/mol. The maximum absolute atomic E-state index is 12.3. The number of hydrogen-bond donors (Lipinski definition) is 0. The summed E-state index contributed by atoms with van der Waals surface area (Å²) in [7, 11) is 0. The fourth-order valence-electron chi connectivity index (χ4n) is 3.15. The van der Waals surface area contributed by atoms with Crippen molar-refractivity contribution in [2.24, 2.45) is 0 Å². The molecule has 0 radical (unpaired) electrons. The number of piperazine rings is 1. The van der Waals surface area contributed by atoms with E-state index in [0.717, 1.165) is 12.8 Å². The van der Waals surface area contributed by atoms with Crippen LogP contribution in [0.25, 0.3) is 0 Å². The van der Waals surface area contributed by atoms with Crippen LogP contribution in [0.4, 0.5) is 11.4 Å². The Morgan fingerprint density at radius 3 is 2.67 bits per heavy atom. The molecule has 2 saturated heterocycles. The lowest BCUT2D eigenvalue weighted by molar-refractivity contribution is -0.384. The number of nitriles is 1. The van der Waals surface area contributed by atoms with Crippen LogP contribution in [0.3, 0.4) is 0 Å². The summed E-state index contributed by atoms with van der Waals surface area (Å²) in [5.74, 6) is 0.0383. The summed E-state index contributed by atoms with van der Waals surface area (Å²) in [4.78, 5) is 26.4. The number of non-ortho nitro benzene ring substituents is 1. The molecule has 8 nitrogen and oxygen atoms in total. The standard InChI is InChI=1S/C16H18N4O4/c17-11-12-10-13(20(22)23)3-4-14(12)18-5-7-19(8-6-18)16(21)15-2-1-9-24-15/h3-4,10,15H,1-2,5-9H2/t15-/m0/s1. The summed E-state index contributed by atoms with van der Waals surface area (Å²) in [6.07, 6.45) is 1.38. The van der Waals surface area contributed by atoms with Gasteiger partial charge in [-0.15, -0.1) is 0 Å². The number of benzene rings is 1.